The molecule has 4 rings (SSSR count). The first-order chi connectivity index (χ1) is 12.1. The summed E-state index contributed by atoms with van der Waals surface area (Å²) in [5, 5.41) is 13.8. The molecule has 3 heterocycles. The van der Waals surface area contributed by atoms with E-state index in [-0.39, 0.29) is 0 Å². The van der Waals surface area contributed by atoms with Gasteiger partial charge < -0.3 is 4.98 Å². The van der Waals surface area contributed by atoms with Crippen LogP contribution in [0.25, 0.3) is 22.1 Å². The lowest BCUT2D eigenvalue weighted by Crippen LogP contribution is -2.04. The Kier molecular flexibility index (Phi) is 3.61. The molecule has 0 aliphatic carbocycles. The van der Waals surface area contributed by atoms with Crippen molar-refractivity contribution >= 4 is 33.7 Å². The van der Waals surface area contributed by atoms with Gasteiger partial charge in [0.15, 0.2) is 5.65 Å². The number of benzene rings is 1. The molecule has 0 radical (unpaired) electrons. The molecule has 1 aromatic carbocycles. The number of fused-ring (bicyclic) bond motifs is 3. The van der Waals surface area contributed by atoms with Crippen LogP contribution in [0, 0.1) is 13.8 Å². The zero-order valence-corrected chi connectivity index (χ0v) is 14.2. The van der Waals surface area contributed by atoms with Gasteiger partial charge in [0.25, 0.3) is 5.95 Å². The van der Waals surface area contributed by atoms with Crippen LogP contribution in [-0.2, 0) is 0 Å². The Morgan fingerprint density at radius 2 is 2.04 bits per heavy atom. The Balaban J connectivity index is 1.70. The standard InChI is InChI=1S/C18H17N7/c1-10-8-11(2)15-13(9-10)16-17(20-15)21-18(25-23-16)24-22-12(3)14-6-4-5-7-19-14/h4-9H,1-3H3,(H2,20,21,24,25). The molecule has 0 fully saturated rings. The third-order valence-corrected chi connectivity index (χ3v) is 4.02. The van der Waals surface area contributed by atoms with E-state index in [2.05, 4.69) is 61.7 Å². The highest BCUT2D eigenvalue weighted by Gasteiger charge is 2.11. The van der Waals surface area contributed by atoms with Gasteiger partial charge in [0.1, 0.15) is 5.52 Å². The van der Waals surface area contributed by atoms with Gasteiger partial charge in [0.2, 0.25) is 0 Å². The van der Waals surface area contributed by atoms with Gasteiger partial charge in [0.05, 0.1) is 16.9 Å². The first kappa shape index (κ1) is 15.2. The molecule has 0 aliphatic heterocycles. The van der Waals surface area contributed by atoms with Gasteiger partial charge in [0, 0.05) is 11.6 Å². The summed E-state index contributed by atoms with van der Waals surface area (Å²) in [4.78, 5) is 12.1. The smallest absolute Gasteiger partial charge is 0.265 e. The third kappa shape index (κ3) is 2.80. The summed E-state index contributed by atoms with van der Waals surface area (Å²) in [6.45, 7) is 6.01. The zero-order valence-electron chi connectivity index (χ0n) is 14.2. The number of hydrazone groups is 1. The minimum atomic E-state index is 0.337. The van der Waals surface area contributed by atoms with Crippen LogP contribution in [0.2, 0.25) is 0 Å². The molecule has 2 N–H and O–H groups in total. The second-order valence-corrected chi connectivity index (χ2v) is 5.99. The number of anilines is 1. The van der Waals surface area contributed by atoms with Gasteiger partial charge in [-0.15, -0.1) is 10.2 Å². The van der Waals surface area contributed by atoms with E-state index >= 15 is 0 Å². The first-order valence-electron chi connectivity index (χ1n) is 7.97. The van der Waals surface area contributed by atoms with Gasteiger partial charge in [-0.2, -0.15) is 10.1 Å². The van der Waals surface area contributed by atoms with Crippen molar-refractivity contribution in [2.75, 3.05) is 5.43 Å². The molecule has 0 unspecified atom stereocenters. The third-order valence-electron chi connectivity index (χ3n) is 4.02. The minimum absolute atomic E-state index is 0.337. The number of hydrogen-bond acceptors (Lipinski definition) is 6. The maximum absolute atomic E-state index is 4.48. The topological polar surface area (TPSA) is 91.7 Å². The van der Waals surface area contributed by atoms with Gasteiger partial charge in [-0.3, -0.25) is 4.98 Å². The van der Waals surface area contributed by atoms with E-state index < -0.39 is 0 Å². The highest BCUT2D eigenvalue weighted by atomic mass is 15.4. The predicted molar refractivity (Wildman–Crippen MR) is 98.7 cm³/mol. The highest BCUT2D eigenvalue weighted by molar-refractivity contribution is 6.04. The Morgan fingerprint density at radius 1 is 1.16 bits per heavy atom. The molecule has 3 aromatic heterocycles. The summed E-state index contributed by atoms with van der Waals surface area (Å²) >= 11 is 0. The summed E-state index contributed by atoms with van der Waals surface area (Å²) < 4.78 is 0. The Labute approximate surface area is 144 Å². The fourth-order valence-electron chi connectivity index (χ4n) is 2.85. The number of aromatic amines is 1. The maximum atomic E-state index is 4.48. The number of H-pyrrole nitrogens is 1. The van der Waals surface area contributed by atoms with E-state index in [0.717, 1.165) is 33.4 Å². The summed E-state index contributed by atoms with van der Waals surface area (Å²) in [5.74, 6) is 0.337. The molecule has 124 valence electrons. The van der Waals surface area contributed by atoms with Crippen molar-refractivity contribution in [3.05, 3.63) is 53.3 Å². The first-order valence-corrected chi connectivity index (χ1v) is 7.97. The van der Waals surface area contributed by atoms with Crippen molar-refractivity contribution in [2.24, 2.45) is 5.10 Å². The van der Waals surface area contributed by atoms with Crippen LogP contribution in [0.5, 0.6) is 0 Å². The van der Waals surface area contributed by atoms with E-state index in [1.54, 1.807) is 6.20 Å². The molecule has 25 heavy (non-hydrogen) atoms. The van der Waals surface area contributed by atoms with Crippen LogP contribution < -0.4 is 5.43 Å². The SMILES string of the molecule is CC(=NNc1nnc2c(n1)[nH]c1c(C)cc(C)cc12)c1ccccn1. The van der Waals surface area contributed by atoms with Crippen LogP contribution >= 0.6 is 0 Å². The normalized spacial score (nSPS) is 12.0. The number of nitrogens with one attached hydrogen (secondary N) is 2. The highest BCUT2D eigenvalue weighted by Crippen LogP contribution is 2.26. The number of pyridine rings is 1. The minimum Gasteiger partial charge on any atom is -0.337 e. The van der Waals surface area contributed by atoms with E-state index in [1.165, 1.54) is 5.56 Å². The van der Waals surface area contributed by atoms with Crippen LogP contribution in [0.1, 0.15) is 23.7 Å². The van der Waals surface area contributed by atoms with E-state index in [1.807, 2.05) is 25.1 Å². The molecule has 0 saturated heterocycles. The molecule has 4 aromatic rings. The molecular formula is C18H17N7. The monoisotopic (exact) mass is 331 g/mol. The Bertz CT molecular complexity index is 1100. The predicted octanol–water partition coefficient (Wildman–Crippen LogP) is 3.35. The maximum Gasteiger partial charge on any atom is 0.265 e. The fourth-order valence-corrected chi connectivity index (χ4v) is 2.85. The summed E-state index contributed by atoms with van der Waals surface area (Å²) in [7, 11) is 0. The van der Waals surface area contributed by atoms with Crippen LogP contribution in [0.4, 0.5) is 5.95 Å². The van der Waals surface area contributed by atoms with Crippen molar-refractivity contribution in [3.63, 3.8) is 0 Å². The molecule has 7 heteroatoms. The lowest BCUT2D eigenvalue weighted by atomic mass is 10.1. The van der Waals surface area contributed by atoms with Gasteiger partial charge in [-0.1, -0.05) is 17.7 Å². The fraction of sp³-hybridized carbons (Fsp3) is 0.167. The molecule has 0 amide bonds. The van der Waals surface area contributed by atoms with Crippen molar-refractivity contribution in [2.45, 2.75) is 20.8 Å². The van der Waals surface area contributed by atoms with E-state index in [0.29, 0.717) is 11.6 Å². The van der Waals surface area contributed by atoms with E-state index in [9.17, 15) is 0 Å². The van der Waals surface area contributed by atoms with Gasteiger partial charge in [-0.05, 0) is 44.5 Å². The number of hydrogen-bond donors (Lipinski definition) is 2. The number of nitrogens with zero attached hydrogens (tertiary/aromatic N) is 5. The Hall–Kier alpha value is -3.35. The largest absolute Gasteiger partial charge is 0.337 e. The summed E-state index contributed by atoms with van der Waals surface area (Å²) in [6, 6.07) is 9.90. The second-order valence-electron chi connectivity index (χ2n) is 5.99. The lowest BCUT2D eigenvalue weighted by Gasteiger charge is -2.01. The molecular weight excluding hydrogens is 314 g/mol. The molecule has 0 aliphatic rings. The number of aromatic nitrogens is 5. The van der Waals surface area contributed by atoms with Gasteiger partial charge in [-0.25, -0.2) is 5.43 Å². The molecule has 0 saturated carbocycles. The van der Waals surface area contributed by atoms with Crippen LogP contribution in [0.3, 0.4) is 0 Å². The molecule has 7 nitrogen and oxygen atoms in total. The lowest BCUT2D eigenvalue weighted by molar-refractivity contribution is 1.01. The summed E-state index contributed by atoms with van der Waals surface area (Å²) in [6.07, 6.45) is 1.73. The molecule has 0 spiro atoms. The van der Waals surface area contributed by atoms with Crippen LogP contribution in [0.15, 0.2) is 41.6 Å². The molecule has 0 atom stereocenters. The quantitative estimate of drug-likeness (QED) is 0.444. The second kappa shape index (κ2) is 5.94. The molecule has 0 bridgehead atoms. The number of rotatable bonds is 3. The Morgan fingerprint density at radius 3 is 2.84 bits per heavy atom. The summed E-state index contributed by atoms with van der Waals surface area (Å²) in [5.41, 5.74) is 9.21. The van der Waals surface area contributed by atoms with Crippen molar-refractivity contribution in [1.29, 1.82) is 0 Å². The van der Waals surface area contributed by atoms with E-state index in [4.69, 9.17) is 0 Å². The van der Waals surface area contributed by atoms with Crippen molar-refractivity contribution < 1.29 is 0 Å². The van der Waals surface area contributed by atoms with Crippen molar-refractivity contribution in [1.82, 2.24) is 25.1 Å². The zero-order chi connectivity index (χ0) is 17.4. The van der Waals surface area contributed by atoms with Crippen molar-refractivity contribution in [3.8, 4) is 0 Å². The van der Waals surface area contributed by atoms with Crippen LogP contribution in [-0.4, -0.2) is 30.9 Å². The average molecular weight is 331 g/mol. The average Bonchev–Trinajstić information content (AvgIpc) is 2.98. The number of aryl methyl sites for hydroxylation is 2. The van der Waals surface area contributed by atoms with Gasteiger partial charge >= 0.3 is 0 Å².